The van der Waals surface area contributed by atoms with Crippen molar-refractivity contribution in [3.8, 4) is 5.75 Å². The van der Waals surface area contributed by atoms with Crippen molar-refractivity contribution in [1.82, 2.24) is 10.2 Å². The highest BCUT2D eigenvalue weighted by Crippen LogP contribution is 2.50. The molecule has 2 amide bonds. The van der Waals surface area contributed by atoms with Crippen LogP contribution >= 0.6 is 11.8 Å². The van der Waals surface area contributed by atoms with E-state index in [0.717, 1.165) is 10.5 Å². The van der Waals surface area contributed by atoms with E-state index in [0.29, 0.717) is 12.2 Å². The zero-order valence-electron chi connectivity index (χ0n) is 14.9. The predicted octanol–water partition coefficient (Wildman–Crippen LogP) is 0.932. The molecule has 140 valence electrons. The number of fused-ring (bicyclic) bond motifs is 1. The van der Waals surface area contributed by atoms with Crippen molar-refractivity contribution in [3.05, 3.63) is 29.8 Å². The molecule has 0 aliphatic carbocycles. The first kappa shape index (κ1) is 18.7. The summed E-state index contributed by atoms with van der Waals surface area (Å²) in [5, 5.41) is 12.8. The minimum absolute atomic E-state index is 0.107. The number of nitrogens with zero attached hydrogens (tertiary/aromatic N) is 1. The summed E-state index contributed by atoms with van der Waals surface area (Å²) in [7, 11) is 2.74. The van der Waals surface area contributed by atoms with Crippen LogP contribution in [0.4, 0.5) is 0 Å². The smallest absolute Gasteiger partial charge is 0.326 e. The van der Waals surface area contributed by atoms with Crippen molar-refractivity contribution in [2.45, 2.75) is 18.0 Å². The zero-order chi connectivity index (χ0) is 19.1. The molecule has 26 heavy (non-hydrogen) atoms. The normalized spacial score (nSPS) is 30.6. The molecule has 2 aliphatic rings. The number of hydrogen-bond donors (Lipinski definition) is 2. The van der Waals surface area contributed by atoms with Gasteiger partial charge >= 0.3 is 5.97 Å². The van der Waals surface area contributed by atoms with Gasteiger partial charge in [0.25, 0.3) is 0 Å². The second-order valence-electron chi connectivity index (χ2n) is 6.66. The van der Waals surface area contributed by atoms with Crippen LogP contribution in [0.5, 0.6) is 5.75 Å². The molecule has 8 heteroatoms. The molecule has 0 unspecified atom stereocenters. The number of esters is 1. The number of hydrogen-bond acceptors (Lipinski definition) is 7. The lowest BCUT2D eigenvalue weighted by atomic mass is 9.78. The fourth-order valence-electron chi connectivity index (χ4n) is 4.08. The SMILES string of the molecule is COC(=O)[C@]1(CCSC)N[C@@H](c2ccc(O)cc2)[C@H]2C(=O)N(C)C(=O)[C@H]21. The number of thioether (sulfide) groups is 1. The number of phenolic OH excluding ortho intramolecular Hbond substituents is 1. The number of amides is 2. The number of aromatic hydroxyl groups is 1. The maximum absolute atomic E-state index is 12.8. The van der Waals surface area contributed by atoms with E-state index >= 15 is 0 Å². The molecule has 2 aliphatic heterocycles. The third-order valence-electron chi connectivity index (χ3n) is 5.38. The molecule has 2 N–H and O–H groups in total. The number of benzene rings is 1. The molecular weight excluding hydrogens is 356 g/mol. The molecule has 1 aromatic carbocycles. The Kier molecular flexibility index (Phi) is 4.98. The predicted molar refractivity (Wildman–Crippen MR) is 96.5 cm³/mol. The van der Waals surface area contributed by atoms with Crippen LogP contribution in [0.3, 0.4) is 0 Å². The molecular formula is C18H22N2O5S. The Hall–Kier alpha value is -2.06. The van der Waals surface area contributed by atoms with Crippen molar-refractivity contribution in [3.63, 3.8) is 0 Å². The van der Waals surface area contributed by atoms with Crippen LogP contribution in [-0.4, -0.2) is 59.5 Å². The van der Waals surface area contributed by atoms with Gasteiger partial charge in [-0.2, -0.15) is 11.8 Å². The van der Waals surface area contributed by atoms with Crippen LogP contribution < -0.4 is 5.32 Å². The van der Waals surface area contributed by atoms with Gasteiger partial charge in [-0.05, 0) is 36.1 Å². The number of likely N-dealkylation sites (tertiary alicyclic amines) is 1. The molecule has 0 aromatic heterocycles. The lowest BCUT2D eigenvalue weighted by molar-refractivity contribution is -0.154. The van der Waals surface area contributed by atoms with Crippen LogP contribution in [0.15, 0.2) is 24.3 Å². The summed E-state index contributed by atoms with van der Waals surface area (Å²) < 4.78 is 5.03. The fourth-order valence-corrected chi connectivity index (χ4v) is 4.61. The van der Waals surface area contributed by atoms with Gasteiger partial charge < -0.3 is 9.84 Å². The number of carbonyl (C=O) groups is 3. The summed E-state index contributed by atoms with van der Waals surface area (Å²) in [6.07, 6.45) is 2.30. The van der Waals surface area contributed by atoms with Gasteiger partial charge in [0.1, 0.15) is 11.3 Å². The summed E-state index contributed by atoms with van der Waals surface area (Å²) in [4.78, 5) is 39.5. The Morgan fingerprint density at radius 1 is 1.31 bits per heavy atom. The van der Waals surface area contributed by atoms with Crippen LogP contribution in [0.2, 0.25) is 0 Å². The molecule has 0 spiro atoms. The molecule has 0 saturated carbocycles. The molecule has 2 saturated heterocycles. The van der Waals surface area contributed by atoms with Crippen LogP contribution in [0.25, 0.3) is 0 Å². The molecule has 1 aromatic rings. The maximum Gasteiger partial charge on any atom is 0.326 e. The Morgan fingerprint density at radius 3 is 2.54 bits per heavy atom. The van der Waals surface area contributed by atoms with Gasteiger partial charge in [-0.1, -0.05) is 12.1 Å². The molecule has 2 fully saturated rings. The molecule has 0 radical (unpaired) electrons. The molecule has 0 bridgehead atoms. The number of rotatable bonds is 5. The highest BCUT2D eigenvalue weighted by Gasteiger charge is 2.67. The minimum Gasteiger partial charge on any atom is -0.508 e. The van der Waals surface area contributed by atoms with Crippen LogP contribution in [0.1, 0.15) is 18.0 Å². The summed E-state index contributed by atoms with van der Waals surface area (Å²) in [6.45, 7) is 0. The first-order valence-electron chi connectivity index (χ1n) is 8.32. The number of imide groups is 1. The minimum atomic E-state index is -1.25. The molecule has 3 rings (SSSR count). The standard InChI is InChI=1S/C18H22N2O5S/c1-20-15(22)12-13(16(20)23)18(8-9-26-3,17(24)25-2)19-14(12)10-4-6-11(21)7-5-10/h4-7,12-14,19,21H,8-9H2,1-3H3/t12-,13-,14-,18+/m0/s1. The fraction of sp³-hybridized carbons (Fsp3) is 0.500. The van der Waals surface area contributed by atoms with Crippen LogP contribution in [0, 0.1) is 11.8 Å². The largest absolute Gasteiger partial charge is 0.508 e. The maximum atomic E-state index is 12.8. The summed E-state index contributed by atoms with van der Waals surface area (Å²) in [5.74, 6) is -1.94. The number of carbonyl (C=O) groups excluding carboxylic acids is 3. The van der Waals surface area contributed by atoms with E-state index in [1.54, 1.807) is 23.9 Å². The topological polar surface area (TPSA) is 95.9 Å². The quantitative estimate of drug-likeness (QED) is 0.581. The average molecular weight is 378 g/mol. The first-order chi connectivity index (χ1) is 12.4. The van der Waals surface area contributed by atoms with Gasteiger partial charge in [0.2, 0.25) is 11.8 Å². The zero-order valence-corrected chi connectivity index (χ0v) is 15.7. The van der Waals surface area contributed by atoms with E-state index in [1.807, 2.05) is 6.26 Å². The Labute approximate surface area is 156 Å². The Bertz CT molecular complexity index is 738. The summed E-state index contributed by atoms with van der Waals surface area (Å²) in [5.41, 5.74) is -0.508. The van der Waals surface area contributed by atoms with E-state index in [4.69, 9.17) is 4.74 Å². The number of ether oxygens (including phenoxy) is 1. The van der Waals surface area contributed by atoms with E-state index in [2.05, 4.69) is 5.32 Å². The van der Waals surface area contributed by atoms with Gasteiger partial charge in [0.15, 0.2) is 0 Å². The molecule has 4 atom stereocenters. The second-order valence-corrected chi connectivity index (χ2v) is 7.64. The van der Waals surface area contributed by atoms with Gasteiger partial charge in [0.05, 0.1) is 18.9 Å². The van der Waals surface area contributed by atoms with Crippen molar-refractivity contribution in [2.75, 3.05) is 26.2 Å². The van der Waals surface area contributed by atoms with E-state index in [-0.39, 0.29) is 17.6 Å². The molecule has 7 nitrogen and oxygen atoms in total. The lowest BCUT2D eigenvalue weighted by Crippen LogP contribution is -2.56. The first-order valence-corrected chi connectivity index (χ1v) is 9.72. The van der Waals surface area contributed by atoms with Gasteiger partial charge in [-0.3, -0.25) is 24.6 Å². The van der Waals surface area contributed by atoms with Crippen molar-refractivity contribution in [1.29, 1.82) is 0 Å². The number of methoxy groups -OCH3 is 1. The van der Waals surface area contributed by atoms with E-state index in [9.17, 15) is 19.5 Å². The lowest BCUT2D eigenvalue weighted by Gasteiger charge is -2.32. The van der Waals surface area contributed by atoms with Gasteiger partial charge in [0, 0.05) is 13.1 Å². The van der Waals surface area contributed by atoms with Crippen molar-refractivity contribution < 1.29 is 24.2 Å². The Morgan fingerprint density at radius 2 is 1.96 bits per heavy atom. The van der Waals surface area contributed by atoms with E-state index in [1.165, 1.54) is 26.3 Å². The monoisotopic (exact) mass is 378 g/mol. The average Bonchev–Trinajstić information content (AvgIpc) is 3.10. The van der Waals surface area contributed by atoms with Crippen LogP contribution in [-0.2, 0) is 19.1 Å². The number of nitrogens with one attached hydrogen (secondary N) is 1. The number of phenols is 1. The Balaban J connectivity index is 2.11. The van der Waals surface area contributed by atoms with Gasteiger partial charge in [-0.15, -0.1) is 0 Å². The summed E-state index contributed by atoms with van der Waals surface area (Å²) in [6, 6.07) is 5.93. The van der Waals surface area contributed by atoms with E-state index < -0.39 is 29.4 Å². The third kappa shape index (κ3) is 2.68. The second kappa shape index (κ2) is 6.92. The van der Waals surface area contributed by atoms with Gasteiger partial charge in [-0.25, -0.2) is 0 Å². The summed E-state index contributed by atoms with van der Waals surface area (Å²) >= 11 is 1.56. The highest BCUT2D eigenvalue weighted by molar-refractivity contribution is 7.98. The highest BCUT2D eigenvalue weighted by atomic mass is 32.2. The van der Waals surface area contributed by atoms with Crippen molar-refractivity contribution in [2.24, 2.45) is 11.8 Å². The van der Waals surface area contributed by atoms with Crippen molar-refractivity contribution >= 4 is 29.5 Å². The molecule has 2 heterocycles. The third-order valence-corrected chi connectivity index (χ3v) is 5.99.